The van der Waals surface area contributed by atoms with Gasteiger partial charge in [-0.2, -0.15) is 0 Å². The fraction of sp³-hybridized carbons (Fsp3) is 0.238. The van der Waals surface area contributed by atoms with Crippen LogP contribution in [0.15, 0.2) is 53.3 Å². The fourth-order valence-electron chi connectivity index (χ4n) is 3.32. The van der Waals surface area contributed by atoms with E-state index < -0.39 is 11.5 Å². The van der Waals surface area contributed by atoms with Gasteiger partial charge in [-0.1, -0.05) is 37.3 Å². The molecule has 0 unspecified atom stereocenters. The molecule has 1 heterocycles. The molecule has 0 fully saturated rings. The van der Waals surface area contributed by atoms with E-state index in [9.17, 15) is 14.7 Å². The largest absolute Gasteiger partial charge is 2.00 e. The van der Waals surface area contributed by atoms with Crippen molar-refractivity contribution in [2.75, 3.05) is 11.4 Å². The molecule has 0 aliphatic carbocycles. The van der Waals surface area contributed by atoms with Crippen molar-refractivity contribution in [2.24, 2.45) is 7.05 Å². The topological polar surface area (TPSA) is 62.5 Å². The number of nitrogens with zero attached hydrogens (tertiary/aromatic N) is 2. The van der Waals surface area contributed by atoms with Crippen molar-refractivity contribution >= 4 is 60.2 Å². The van der Waals surface area contributed by atoms with Gasteiger partial charge in [0, 0.05) is 24.7 Å². The predicted molar refractivity (Wildman–Crippen MR) is 110 cm³/mol. The van der Waals surface area contributed by atoms with E-state index in [0.29, 0.717) is 29.6 Å². The first kappa shape index (κ1) is 21.5. The van der Waals surface area contributed by atoms with E-state index >= 15 is 0 Å². The summed E-state index contributed by atoms with van der Waals surface area (Å²) in [5, 5.41) is 11.4. The molecule has 5 nitrogen and oxygen atoms in total. The molecule has 0 radical (unpaired) electrons. The number of rotatable bonds is 4. The zero-order valence-corrected chi connectivity index (χ0v) is 18.1. The third-order valence-corrected chi connectivity index (χ3v) is 4.71. The third-order valence-electron chi connectivity index (χ3n) is 4.71. The van der Waals surface area contributed by atoms with Crippen LogP contribution in [-0.2, 0) is 13.5 Å². The molecule has 6 heteroatoms. The number of hydrogen-bond acceptors (Lipinski definition) is 3. The molecule has 2 aromatic carbocycles. The molecule has 0 atom stereocenters. The Balaban J connectivity index is 0.00000261. The Morgan fingerprint density at radius 3 is 2.33 bits per heavy atom. The summed E-state index contributed by atoms with van der Waals surface area (Å²) in [5.41, 5.74) is 1.51. The van der Waals surface area contributed by atoms with Gasteiger partial charge >= 0.3 is 37.7 Å². The number of aromatic hydroxyl groups is 1. The minimum absolute atomic E-state index is 0. The van der Waals surface area contributed by atoms with E-state index in [4.69, 9.17) is 0 Å². The van der Waals surface area contributed by atoms with Crippen LogP contribution in [-0.4, -0.2) is 59.9 Å². The Labute approximate surface area is 188 Å². The summed E-state index contributed by atoms with van der Waals surface area (Å²) in [7, 11) is 1.62. The van der Waals surface area contributed by atoms with Gasteiger partial charge in [-0.25, -0.2) is 0 Å². The van der Waals surface area contributed by atoms with Gasteiger partial charge in [0.05, 0.1) is 5.52 Å². The van der Waals surface area contributed by atoms with Gasteiger partial charge in [0.1, 0.15) is 11.3 Å². The molecule has 27 heavy (non-hydrogen) atoms. The number of aryl methyl sites for hydroxylation is 2. The Kier molecular flexibility index (Phi) is 7.09. The Bertz CT molecular complexity index is 1030. The molecule has 0 aliphatic heterocycles. The normalized spacial score (nSPS) is 10.5. The summed E-state index contributed by atoms with van der Waals surface area (Å²) in [6.45, 7) is 4.20. The maximum atomic E-state index is 13.2. The molecule has 0 spiro atoms. The van der Waals surface area contributed by atoms with E-state index in [-0.39, 0.29) is 49.1 Å². The van der Waals surface area contributed by atoms with Gasteiger partial charge < -0.3 is 14.6 Å². The van der Waals surface area contributed by atoms with Crippen molar-refractivity contribution in [2.45, 2.75) is 20.3 Å². The smallest absolute Gasteiger partial charge is 0.506 e. The van der Waals surface area contributed by atoms with Crippen LogP contribution in [0, 0.1) is 0 Å². The monoisotopic (exact) mass is 390 g/mol. The summed E-state index contributed by atoms with van der Waals surface area (Å²) in [5.74, 6) is -0.732. The van der Waals surface area contributed by atoms with E-state index in [0.717, 1.165) is 5.56 Å². The molecule has 0 aliphatic rings. The minimum Gasteiger partial charge on any atom is -0.506 e. The predicted octanol–water partition coefficient (Wildman–Crippen LogP) is 3.09. The van der Waals surface area contributed by atoms with Crippen molar-refractivity contribution < 1.29 is 9.90 Å². The summed E-state index contributed by atoms with van der Waals surface area (Å²) >= 11 is 0. The molecular formula is C21H22CaN2O3+2. The molecule has 134 valence electrons. The van der Waals surface area contributed by atoms with Gasteiger partial charge in [-0.3, -0.25) is 9.59 Å². The van der Waals surface area contributed by atoms with Crippen molar-refractivity contribution in [3.8, 4) is 5.75 Å². The number of fused-ring (bicyclic) bond motifs is 1. The Hall–Kier alpha value is -1.82. The summed E-state index contributed by atoms with van der Waals surface area (Å²) < 4.78 is 1.43. The van der Waals surface area contributed by atoms with E-state index in [2.05, 4.69) is 0 Å². The van der Waals surface area contributed by atoms with Crippen LogP contribution in [0.3, 0.4) is 0 Å². The number of benzene rings is 2. The van der Waals surface area contributed by atoms with Gasteiger partial charge in [-0.05, 0) is 37.1 Å². The van der Waals surface area contributed by atoms with Gasteiger partial charge in [0.25, 0.3) is 11.5 Å². The number of pyridine rings is 1. The fourth-order valence-corrected chi connectivity index (χ4v) is 3.32. The number of carbonyl (C=O) groups is 1. The van der Waals surface area contributed by atoms with Crippen LogP contribution in [0.5, 0.6) is 5.75 Å². The second kappa shape index (κ2) is 8.91. The first-order valence-corrected chi connectivity index (χ1v) is 8.71. The van der Waals surface area contributed by atoms with Crippen LogP contribution in [0.25, 0.3) is 10.9 Å². The number of hydrogen-bond donors (Lipinski definition) is 1. The van der Waals surface area contributed by atoms with Gasteiger partial charge in [0.2, 0.25) is 0 Å². The second-order valence-corrected chi connectivity index (χ2v) is 6.14. The third kappa shape index (κ3) is 3.77. The minimum atomic E-state index is -0.498. The van der Waals surface area contributed by atoms with Crippen molar-refractivity contribution in [1.82, 2.24) is 4.57 Å². The molecule has 1 N–H and O–H groups in total. The molecular weight excluding hydrogens is 368 g/mol. The van der Waals surface area contributed by atoms with E-state index in [1.807, 2.05) is 44.2 Å². The Morgan fingerprint density at radius 2 is 1.74 bits per heavy atom. The average molecular weight is 390 g/mol. The van der Waals surface area contributed by atoms with Crippen LogP contribution in [0.4, 0.5) is 5.69 Å². The Morgan fingerprint density at radius 1 is 1.07 bits per heavy atom. The quantitative estimate of drug-likeness (QED) is 0.697. The number of amides is 1. The number of carbonyl (C=O) groups excluding carboxylic acids is 1. The molecule has 0 saturated carbocycles. The molecule has 3 aromatic rings. The average Bonchev–Trinajstić information content (AvgIpc) is 2.67. The molecule has 1 aromatic heterocycles. The molecule has 3 rings (SSSR count). The zero-order chi connectivity index (χ0) is 18.8. The van der Waals surface area contributed by atoms with E-state index in [1.165, 1.54) is 9.47 Å². The van der Waals surface area contributed by atoms with Crippen LogP contribution < -0.4 is 10.5 Å². The van der Waals surface area contributed by atoms with Crippen molar-refractivity contribution in [3.05, 3.63) is 70.0 Å². The summed E-state index contributed by atoms with van der Waals surface area (Å²) in [4.78, 5) is 27.5. The summed E-state index contributed by atoms with van der Waals surface area (Å²) in [6.07, 6.45) is 0.687. The van der Waals surface area contributed by atoms with Crippen LogP contribution >= 0.6 is 0 Å². The standard InChI is InChI=1S/C21H22N2O3.Ca/c1-4-14-10-9-13-16-17(14)19(24)18(20(25)22(16)3)21(26)23(5-2)15-11-7-6-8-12-15;/h6-13,24H,4-5H2,1-3H3;/q;+2. The van der Waals surface area contributed by atoms with E-state index in [1.54, 1.807) is 25.2 Å². The maximum Gasteiger partial charge on any atom is 2.00 e. The number of para-hydroxylation sites is 1. The summed E-state index contributed by atoms with van der Waals surface area (Å²) in [6, 6.07) is 14.7. The van der Waals surface area contributed by atoms with Gasteiger partial charge in [-0.15, -0.1) is 0 Å². The van der Waals surface area contributed by atoms with Crippen molar-refractivity contribution in [1.29, 1.82) is 0 Å². The van der Waals surface area contributed by atoms with Crippen molar-refractivity contribution in [3.63, 3.8) is 0 Å². The number of anilines is 1. The second-order valence-electron chi connectivity index (χ2n) is 6.14. The maximum absolute atomic E-state index is 13.2. The molecule has 0 saturated heterocycles. The first-order chi connectivity index (χ1) is 12.5. The first-order valence-electron chi connectivity index (χ1n) is 8.71. The number of aromatic nitrogens is 1. The zero-order valence-electron chi connectivity index (χ0n) is 15.9. The van der Waals surface area contributed by atoms with Crippen LogP contribution in [0.1, 0.15) is 29.8 Å². The molecule has 1 amide bonds. The van der Waals surface area contributed by atoms with Gasteiger partial charge in [0.15, 0.2) is 0 Å². The van der Waals surface area contributed by atoms with Crippen LogP contribution in [0.2, 0.25) is 0 Å². The SMILES string of the molecule is CCc1cccc2c1c(O)c(C(=O)N(CC)c1ccccc1)c(=O)n2C.[Ca+2]. The molecule has 0 bridgehead atoms.